The van der Waals surface area contributed by atoms with Crippen molar-refractivity contribution in [2.75, 3.05) is 11.9 Å². The third-order valence-corrected chi connectivity index (χ3v) is 3.53. The van der Waals surface area contributed by atoms with Gasteiger partial charge in [0.15, 0.2) is 0 Å². The lowest BCUT2D eigenvalue weighted by atomic mass is 10.0. The Balaban J connectivity index is 2.13. The van der Waals surface area contributed by atoms with Crippen LogP contribution in [0.3, 0.4) is 0 Å². The van der Waals surface area contributed by atoms with Crippen LogP contribution in [0.2, 0.25) is 0 Å². The zero-order valence-electron chi connectivity index (χ0n) is 10.6. The first-order valence-electron chi connectivity index (χ1n) is 6.12. The largest absolute Gasteiger partial charge is 0.416 e. The van der Waals surface area contributed by atoms with Crippen LogP contribution in [0.4, 0.5) is 18.9 Å². The van der Waals surface area contributed by atoms with Crippen LogP contribution in [0.1, 0.15) is 30.4 Å². The van der Waals surface area contributed by atoms with Gasteiger partial charge >= 0.3 is 6.18 Å². The minimum absolute atomic E-state index is 0.0346. The first-order valence-corrected chi connectivity index (χ1v) is 6.12. The van der Waals surface area contributed by atoms with Crippen LogP contribution in [0, 0.1) is 28.1 Å². The molecule has 0 unspecified atom stereocenters. The molecule has 1 N–H and O–H groups in total. The summed E-state index contributed by atoms with van der Waals surface area (Å²) in [6.45, 7) is 0.501. The van der Waals surface area contributed by atoms with E-state index in [-0.39, 0.29) is 11.0 Å². The van der Waals surface area contributed by atoms with E-state index in [4.69, 9.17) is 10.5 Å². The maximum Gasteiger partial charge on any atom is 0.416 e. The normalized spacial score (nSPS) is 16.1. The number of anilines is 1. The van der Waals surface area contributed by atoms with Gasteiger partial charge in [-0.1, -0.05) is 0 Å². The molecule has 6 heteroatoms. The molecule has 2 rings (SSSR count). The summed E-state index contributed by atoms with van der Waals surface area (Å²) in [5.74, 6) is 0. The molecule has 0 atom stereocenters. The highest BCUT2D eigenvalue weighted by Crippen LogP contribution is 2.48. The van der Waals surface area contributed by atoms with Crippen molar-refractivity contribution in [3.8, 4) is 12.1 Å². The first kappa shape index (κ1) is 14.2. The van der Waals surface area contributed by atoms with E-state index in [9.17, 15) is 13.2 Å². The predicted molar refractivity (Wildman–Crippen MR) is 66.5 cm³/mol. The van der Waals surface area contributed by atoms with E-state index < -0.39 is 11.7 Å². The smallest absolute Gasteiger partial charge is 0.383 e. The van der Waals surface area contributed by atoms with Gasteiger partial charge in [0, 0.05) is 18.4 Å². The van der Waals surface area contributed by atoms with Crippen molar-refractivity contribution in [2.24, 2.45) is 5.41 Å². The number of hydrogen-bond acceptors (Lipinski definition) is 3. The number of halogens is 3. The van der Waals surface area contributed by atoms with E-state index in [1.807, 2.05) is 0 Å². The fourth-order valence-corrected chi connectivity index (χ4v) is 2.01. The van der Waals surface area contributed by atoms with Gasteiger partial charge in [-0.3, -0.25) is 0 Å². The molecule has 0 saturated heterocycles. The van der Waals surface area contributed by atoms with Crippen molar-refractivity contribution < 1.29 is 13.2 Å². The quantitative estimate of drug-likeness (QED) is 0.914. The Morgan fingerprint density at radius 1 is 1.25 bits per heavy atom. The summed E-state index contributed by atoms with van der Waals surface area (Å²) in [5, 5.41) is 20.6. The fraction of sp³-hybridized carbons (Fsp3) is 0.429. The molecule has 1 fully saturated rings. The maximum absolute atomic E-state index is 12.6. The minimum atomic E-state index is -4.46. The summed E-state index contributed by atoms with van der Waals surface area (Å²) in [7, 11) is 0. The monoisotopic (exact) mass is 279 g/mol. The highest BCUT2D eigenvalue weighted by molar-refractivity contribution is 5.59. The molecule has 0 spiro atoms. The molecule has 1 aromatic carbocycles. The molecule has 0 aliphatic heterocycles. The lowest BCUT2D eigenvalue weighted by Gasteiger charge is -2.15. The molecule has 1 aromatic rings. The van der Waals surface area contributed by atoms with E-state index in [0.29, 0.717) is 18.7 Å². The highest BCUT2D eigenvalue weighted by atomic mass is 19.4. The Labute approximate surface area is 114 Å². The van der Waals surface area contributed by atoms with Crippen LogP contribution in [-0.2, 0) is 6.18 Å². The summed E-state index contributed by atoms with van der Waals surface area (Å²) in [6, 6.07) is 6.94. The van der Waals surface area contributed by atoms with Gasteiger partial charge in [0.25, 0.3) is 0 Å². The molecular weight excluding hydrogens is 267 g/mol. The van der Waals surface area contributed by atoms with Crippen LogP contribution in [0.25, 0.3) is 0 Å². The zero-order valence-corrected chi connectivity index (χ0v) is 10.6. The second-order valence-electron chi connectivity index (χ2n) is 5.06. The van der Waals surface area contributed by atoms with Crippen molar-refractivity contribution in [3.63, 3.8) is 0 Å². The van der Waals surface area contributed by atoms with E-state index in [0.717, 1.165) is 25.0 Å². The van der Waals surface area contributed by atoms with E-state index in [1.54, 1.807) is 6.07 Å². The molecule has 3 nitrogen and oxygen atoms in total. The molecule has 0 amide bonds. The Kier molecular flexibility index (Phi) is 3.59. The number of nitrogens with one attached hydrogen (secondary N) is 1. The number of benzene rings is 1. The van der Waals surface area contributed by atoms with E-state index in [1.165, 1.54) is 6.07 Å². The Bertz CT molecular complexity index is 589. The first-order chi connectivity index (χ1) is 9.40. The topological polar surface area (TPSA) is 59.6 Å². The molecule has 0 bridgehead atoms. The third kappa shape index (κ3) is 3.03. The summed E-state index contributed by atoms with van der Waals surface area (Å²) in [4.78, 5) is 0. The number of nitriles is 2. The van der Waals surface area contributed by atoms with E-state index in [2.05, 4.69) is 11.4 Å². The second-order valence-corrected chi connectivity index (χ2v) is 5.06. The van der Waals surface area contributed by atoms with Crippen molar-refractivity contribution >= 4 is 5.69 Å². The van der Waals surface area contributed by atoms with Crippen molar-refractivity contribution in [2.45, 2.75) is 25.4 Å². The molecule has 0 radical (unpaired) electrons. The SMILES string of the molecule is N#CCC1(CNc2ccc(C(F)(F)F)cc2C#N)CC1. The lowest BCUT2D eigenvalue weighted by Crippen LogP contribution is -2.16. The average Bonchev–Trinajstić information content (AvgIpc) is 3.16. The molecule has 1 saturated carbocycles. The number of alkyl halides is 3. The summed E-state index contributed by atoms with van der Waals surface area (Å²) >= 11 is 0. The van der Waals surface area contributed by atoms with Gasteiger partial charge < -0.3 is 5.32 Å². The highest BCUT2D eigenvalue weighted by Gasteiger charge is 2.42. The minimum Gasteiger partial charge on any atom is -0.383 e. The Hall–Kier alpha value is -2.21. The fourth-order valence-electron chi connectivity index (χ4n) is 2.01. The maximum atomic E-state index is 12.6. The van der Waals surface area contributed by atoms with Crippen LogP contribution in [-0.4, -0.2) is 6.54 Å². The molecule has 1 aliphatic rings. The molecule has 0 heterocycles. The van der Waals surface area contributed by atoms with Crippen LogP contribution >= 0.6 is 0 Å². The molecule has 1 aliphatic carbocycles. The van der Waals surface area contributed by atoms with Crippen molar-refractivity contribution in [3.05, 3.63) is 29.3 Å². The van der Waals surface area contributed by atoms with Gasteiger partial charge in [0.05, 0.1) is 22.9 Å². The number of nitrogens with zero attached hydrogens (tertiary/aromatic N) is 2. The summed E-state index contributed by atoms with van der Waals surface area (Å²) in [6.07, 6.45) is -2.18. The van der Waals surface area contributed by atoms with Gasteiger partial charge in [-0.25, -0.2) is 0 Å². The van der Waals surface area contributed by atoms with Crippen molar-refractivity contribution in [1.82, 2.24) is 0 Å². The molecular formula is C14H12F3N3. The Morgan fingerprint density at radius 3 is 2.45 bits per heavy atom. The van der Waals surface area contributed by atoms with Gasteiger partial charge in [-0.05, 0) is 31.0 Å². The predicted octanol–water partition coefficient (Wildman–Crippen LogP) is 3.68. The van der Waals surface area contributed by atoms with Gasteiger partial charge in [0.2, 0.25) is 0 Å². The standard InChI is InChI=1S/C14H12F3N3/c15-14(16,17)11-1-2-12(10(7-11)8-19)20-9-13(3-4-13)5-6-18/h1-2,7,20H,3-5,9H2. The van der Waals surface area contributed by atoms with Gasteiger partial charge in [-0.15, -0.1) is 0 Å². The third-order valence-electron chi connectivity index (χ3n) is 3.53. The molecule has 104 valence electrons. The summed E-state index contributed by atoms with van der Waals surface area (Å²) < 4.78 is 37.7. The average molecular weight is 279 g/mol. The van der Waals surface area contributed by atoms with Gasteiger partial charge in [-0.2, -0.15) is 23.7 Å². The number of hydrogen-bond donors (Lipinski definition) is 1. The number of rotatable bonds is 4. The molecule has 20 heavy (non-hydrogen) atoms. The van der Waals surface area contributed by atoms with E-state index >= 15 is 0 Å². The zero-order chi connectivity index (χ0) is 14.8. The van der Waals surface area contributed by atoms with Crippen LogP contribution in [0.15, 0.2) is 18.2 Å². The second kappa shape index (κ2) is 5.05. The Morgan fingerprint density at radius 2 is 1.95 bits per heavy atom. The lowest BCUT2D eigenvalue weighted by molar-refractivity contribution is -0.137. The van der Waals surface area contributed by atoms with Gasteiger partial charge in [0.1, 0.15) is 6.07 Å². The summed E-state index contributed by atoms with van der Waals surface area (Å²) in [5.41, 5.74) is -0.570. The molecule has 0 aromatic heterocycles. The van der Waals surface area contributed by atoms with Crippen LogP contribution < -0.4 is 5.32 Å². The van der Waals surface area contributed by atoms with Crippen LogP contribution in [0.5, 0.6) is 0 Å². The van der Waals surface area contributed by atoms with Crippen molar-refractivity contribution in [1.29, 1.82) is 10.5 Å².